The molecule has 0 amide bonds. The van der Waals surface area contributed by atoms with Crippen molar-refractivity contribution in [1.29, 1.82) is 0 Å². The third-order valence-corrected chi connectivity index (χ3v) is 5.90. The van der Waals surface area contributed by atoms with Crippen LogP contribution < -0.4 is 4.90 Å². The van der Waals surface area contributed by atoms with E-state index < -0.39 is 0 Å². The van der Waals surface area contributed by atoms with Crippen LogP contribution in [0.15, 0.2) is 73.6 Å². The summed E-state index contributed by atoms with van der Waals surface area (Å²) in [6.07, 6.45) is 1.76. The number of nitrogens with zero attached hydrogens (tertiary/aromatic N) is 5. The Morgan fingerprint density at radius 3 is 2.48 bits per heavy atom. The predicted molar refractivity (Wildman–Crippen MR) is 137 cm³/mol. The normalized spacial score (nSPS) is 12.5. The van der Waals surface area contributed by atoms with E-state index in [1.165, 1.54) is 27.8 Å². The fourth-order valence-electron chi connectivity index (χ4n) is 4.18. The molecule has 0 saturated carbocycles. The van der Waals surface area contributed by atoms with Gasteiger partial charge in [0.15, 0.2) is 5.82 Å². The molecule has 5 heteroatoms. The van der Waals surface area contributed by atoms with Gasteiger partial charge in [0.1, 0.15) is 17.8 Å². The van der Waals surface area contributed by atoms with E-state index in [-0.39, 0.29) is 6.04 Å². The molecular formula is C28H31N5. The number of anilines is 1. The fraction of sp³-hybridized carbons (Fsp3) is 0.250. The second-order valence-electron chi connectivity index (χ2n) is 8.26. The Hall–Kier alpha value is -3.73. The second kappa shape index (κ2) is 9.41. The summed E-state index contributed by atoms with van der Waals surface area (Å²) in [6.45, 7) is 15.5. The minimum atomic E-state index is 0.265. The highest BCUT2D eigenvalue weighted by molar-refractivity contribution is 5.85. The van der Waals surface area contributed by atoms with Gasteiger partial charge in [-0.15, -0.1) is 10.2 Å². The van der Waals surface area contributed by atoms with Gasteiger partial charge in [-0.2, -0.15) is 0 Å². The minimum Gasteiger partial charge on any atom is -0.322 e. The second-order valence-corrected chi connectivity index (χ2v) is 8.26. The topological polar surface area (TPSA) is 46.8 Å². The van der Waals surface area contributed by atoms with Gasteiger partial charge in [-0.1, -0.05) is 62.9 Å². The highest BCUT2D eigenvalue weighted by Gasteiger charge is 2.25. The van der Waals surface area contributed by atoms with E-state index in [1.807, 2.05) is 36.6 Å². The van der Waals surface area contributed by atoms with Crippen molar-refractivity contribution in [2.75, 3.05) is 4.90 Å². The Labute approximate surface area is 196 Å². The van der Waals surface area contributed by atoms with E-state index >= 15 is 0 Å². The van der Waals surface area contributed by atoms with Gasteiger partial charge in [0.05, 0.1) is 6.54 Å². The quantitative estimate of drug-likeness (QED) is 0.348. The molecule has 3 heterocycles. The molecule has 0 radical (unpaired) electrons. The van der Waals surface area contributed by atoms with Crippen LogP contribution in [0.25, 0.3) is 28.3 Å². The molecule has 5 nitrogen and oxygen atoms in total. The summed E-state index contributed by atoms with van der Waals surface area (Å²) in [7, 11) is 0. The maximum Gasteiger partial charge on any atom is 0.182 e. The first kappa shape index (κ1) is 22.5. The first-order valence-corrected chi connectivity index (χ1v) is 11.6. The predicted octanol–water partition coefficient (Wildman–Crippen LogP) is 6.91. The molecule has 1 aliphatic rings. The minimum absolute atomic E-state index is 0.265. The molecule has 33 heavy (non-hydrogen) atoms. The number of benzene rings is 2. The molecule has 0 bridgehead atoms. The van der Waals surface area contributed by atoms with Crippen molar-refractivity contribution in [3.05, 3.63) is 90.3 Å². The van der Waals surface area contributed by atoms with Crippen LogP contribution in [-0.2, 0) is 6.54 Å². The maximum absolute atomic E-state index is 4.91. The number of rotatable bonds is 4. The highest BCUT2D eigenvalue weighted by atomic mass is 15.3. The summed E-state index contributed by atoms with van der Waals surface area (Å²) in [5.74, 6) is 1.65. The van der Waals surface area contributed by atoms with E-state index in [9.17, 15) is 0 Å². The fourth-order valence-corrected chi connectivity index (χ4v) is 4.18. The van der Waals surface area contributed by atoms with E-state index in [0.717, 1.165) is 29.6 Å². The molecule has 0 unspecified atom stereocenters. The van der Waals surface area contributed by atoms with E-state index in [1.54, 1.807) is 6.33 Å². The molecule has 0 saturated heterocycles. The first-order chi connectivity index (χ1) is 16.0. The monoisotopic (exact) mass is 437 g/mol. The molecule has 0 fully saturated rings. The highest BCUT2D eigenvalue weighted by Crippen LogP contribution is 2.38. The van der Waals surface area contributed by atoms with Crippen molar-refractivity contribution in [3.8, 4) is 22.6 Å². The summed E-state index contributed by atoms with van der Waals surface area (Å²) in [6, 6.07) is 21.4. The van der Waals surface area contributed by atoms with Crippen molar-refractivity contribution >= 4 is 11.5 Å². The summed E-state index contributed by atoms with van der Waals surface area (Å²) in [4.78, 5) is 7.08. The molecule has 0 aliphatic carbocycles. The van der Waals surface area contributed by atoms with Gasteiger partial charge >= 0.3 is 0 Å². The van der Waals surface area contributed by atoms with Gasteiger partial charge in [-0.05, 0) is 61.2 Å². The van der Waals surface area contributed by atoms with Gasteiger partial charge in [-0.25, -0.2) is 4.98 Å². The van der Waals surface area contributed by atoms with E-state index in [2.05, 4.69) is 84.9 Å². The number of aromatic nitrogens is 4. The lowest BCUT2D eigenvalue weighted by Gasteiger charge is -2.19. The van der Waals surface area contributed by atoms with Gasteiger partial charge in [-0.3, -0.25) is 0 Å². The molecule has 0 N–H and O–H groups in total. The number of fused-ring (bicyclic) bond motifs is 1. The zero-order valence-electron chi connectivity index (χ0n) is 20.1. The lowest BCUT2D eigenvalue weighted by Crippen LogP contribution is -2.15. The van der Waals surface area contributed by atoms with Crippen molar-refractivity contribution in [3.63, 3.8) is 0 Å². The Morgan fingerprint density at radius 1 is 0.939 bits per heavy atom. The third kappa shape index (κ3) is 4.19. The zero-order chi connectivity index (χ0) is 23.5. The Bertz CT molecular complexity index is 1280. The van der Waals surface area contributed by atoms with Gasteiger partial charge in [0, 0.05) is 17.3 Å². The molecule has 0 atom stereocenters. The Kier molecular flexibility index (Phi) is 6.40. The van der Waals surface area contributed by atoms with Gasteiger partial charge < -0.3 is 9.47 Å². The van der Waals surface area contributed by atoms with Gasteiger partial charge in [0.25, 0.3) is 0 Å². The maximum atomic E-state index is 4.91. The van der Waals surface area contributed by atoms with Crippen molar-refractivity contribution in [2.24, 2.45) is 0 Å². The van der Waals surface area contributed by atoms with Crippen molar-refractivity contribution in [2.45, 2.75) is 47.2 Å². The smallest absolute Gasteiger partial charge is 0.182 e. The molecule has 2 aromatic heterocycles. The van der Waals surface area contributed by atoms with Crippen LogP contribution >= 0.6 is 0 Å². The number of pyridine rings is 1. The lowest BCUT2D eigenvalue weighted by molar-refractivity contribution is 0.603. The number of hydrogen-bond donors (Lipinski definition) is 0. The van der Waals surface area contributed by atoms with Crippen LogP contribution in [0.4, 0.5) is 5.82 Å². The van der Waals surface area contributed by atoms with Crippen LogP contribution in [-0.4, -0.2) is 19.7 Å². The van der Waals surface area contributed by atoms with Crippen molar-refractivity contribution in [1.82, 2.24) is 19.7 Å². The summed E-state index contributed by atoms with van der Waals surface area (Å²) in [5.41, 5.74) is 7.97. The zero-order valence-corrected chi connectivity index (χ0v) is 20.1. The average Bonchev–Trinajstić information content (AvgIpc) is 3.46. The number of hydrogen-bond acceptors (Lipinski definition) is 4. The standard InChI is InChI=1S/C26H25N5.C2H6/c1-17(2)31-16-27-29-26(31)24-10-7-11-25(28-24)30-15-21-13-12-20(14-23(21)19(30)4)22-9-6-5-8-18(22)3;1-2/h5-14,16-17H,4,15H2,1-3H3;1-2H3. The van der Waals surface area contributed by atoms with Crippen LogP contribution in [0.2, 0.25) is 0 Å². The molecule has 5 rings (SSSR count). The summed E-state index contributed by atoms with van der Waals surface area (Å²) in [5, 5.41) is 8.38. The molecule has 2 aromatic carbocycles. The van der Waals surface area contributed by atoms with E-state index in [0.29, 0.717) is 0 Å². The van der Waals surface area contributed by atoms with Crippen molar-refractivity contribution < 1.29 is 0 Å². The average molecular weight is 438 g/mol. The van der Waals surface area contributed by atoms with Crippen LogP contribution in [0, 0.1) is 6.92 Å². The first-order valence-electron chi connectivity index (χ1n) is 11.6. The lowest BCUT2D eigenvalue weighted by atomic mass is 9.97. The Balaban J connectivity index is 0.00000126. The van der Waals surface area contributed by atoms with Crippen LogP contribution in [0.3, 0.4) is 0 Å². The Morgan fingerprint density at radius 2 is 1.73 bits per heavy atom. The molecule has 4 aromatic rings. The van der Waals surface area contributed by atoms with E-state index in [4.69, 9.17) is 4.98 Å². The molecule has 0 spiro atoms. The van der Waals surface area contributed by atoms with Crippen LogP contribution in [0.1, 0.15) is 50.4 Å². The molecule has 1 aliphatic heterocycles. The van der Waals surface area contributed by atoms with Gasteiger partial charge in [0.2, 0.25) is 0 Å². The summed E-state index contributed by atoms with van der Waals surface area (Å²) < 4.78 is 2.04. The van der Waals surface area contributed by atoms with Crippen LogP contribution in [0.5, 0.6) is 0 Å². The molecular weight excluding hydrogens is 406 g/mol. The molecule has 168 valence electrons. The largest absolute Gasteiger partial charge is 0.322 e. The summed E-state index contributed by atoms with van der Waals surface area (Å²) >= 11 is 0. The number of aryl methyl sites for hydroxylation is 1. The SMILES string of the molecule is C=C1c2cc(-c3ccccc3C)ccc2CN1c1cccc(-c2nncn2C(C)C)n1.CC. The third-order valence-electron chi connectivity index (χ3n) is 5.90.